The van der Waals surface area contributed by atoms with Gasteiger partial charge in [0.2, 0.25) is 5.91 Å². The molecule has 7 heteroatoms. The van der Waals surface area contributed by atoms with E-state index in [2.05, 4.69) is 16.4 Å². The van der Waals surface area contributed by atoms with E-state index in [1.807, 2.05) is 0 Å². The molecule has 1 unspecified atom stereocenters. The summed E-state index contributed by atoms with van der Waals surface area (Å²) in [7, 11) is 0. The Morgan fingerprint density at radius 3 is 3.06 bits per heavy atom. The molecule has 1 amide bonds. The van der Waals surface area contributed by atoms with Gasteiger partial charge in [-0.3, -0.25) is 4.79 Å². The molecule has 1 aromatic rings. The van der Waals surface area contributed by atoms with Gasteiger partial charge in [-0.2, -0.15) is 5.26 Å². The number of nitrogens with two attached hydrogens (primary N) is 1. The first kappa shape index (κ1) is 13.2. The maximum atomic E-state index is 11.8. The maximum Gasteiger partial charge on any atom is 0.231 e. The van der Waals surface area contributed by atoms with Crippen molar-refractivity contribution in [1.82, 2.24) is 10.3 Å². The summed E-state index contributed by atoms with van der Waals surface area (Å²) in [5, 5.41) is 12.4. The van der Waals surface area contributed by atoms with Gasteiger partial charge in [0.1, 0.15) is 5.54 Å². The highest BCUT2D eigenvalue weighted by Crippen LogP contribution is 2.39. The minimum absolute atomic E-state index is 0.122. The van der Waals surface area contributed by atoms with Crippen LogP contribution in [0.25, 0.3) is 0 Å². The summed E-state index contributed by atoms with van der Waals surface area (Å²) >= 11 is 2.74. The van der Waals surface area contributed by atoms with Crippen LogP contribution in [-0.2, 0) is 4.79 Å². The number of thiazole rings is 1. The first-order valence-electron chi connectivity index (χ1n) is 5.60. The van der Waals surface area contributed by atoms with Crippen LogP contribution in [0.2, 0.25) is 0 Å². The molecule has 1 aromatic heterocycles. The third-order valence-corrected chi connectivity index (χ3v) is 4.89. The zero-order valence-electron chi connectivity index (χ0n) is 9.97. The van der Waals surface area contributed by atoms with E-state index in [1.165, 1.54) is 23.1 Å². The molecule has 2 rings (SSSR count). The molecular weight excluding hydrogens is 268 g/mol. The highest BCUT2D eigenvalue weighted by Gasteiger charge is 2.42. The van der Waals surface area contributed by atoms with Crippen LogP contribution in [0.15, 0.2) is 10.4 Å². The quantitative estimate of drug-likeness (QED) is 0.801. The third kappa shape index (κ3) is 3.15. The standard InChI is InChI=1S/C11H14N4OS2/c1-11(6-12,7-2-3-7)15-8(16)5-17-9-4-14-10(13)18-9/h4,7H,2-3,5H2,1H3,(H2,13,14)(H,15,16). The van der Waals surface area contributed by atoms with Crippen molar-refractivity contribution in [2.24, 2.45) is 5.92 Å². The molecular formula is C11H14N4OS2. The molecule has 1 fully saturated rings. The number of thioether (sulfide) groups is 1. The fourth-order valence-electron chi connectivity index (χ4n) is 1.68. The summed E-state index contributed by atoms with van der Waals surface area (Å²) in [5.74, 6) is 0.462. The summed E-state index contributed by atoms with van der Waals surface area (Å²) < 4.78 is 0.910. The van der Waals surface area contributed by atoms with Crippen molar-refractivity contribution < 1.29 is 4.79 Å². The Labute approximate surface area is 114 Å². The Morgan fingerprint density at radius 1 is 1.83 bits per heavy atom. The largest absolute Gasteiger partial charge is 0.375 e. The number of nitrogen functional groups attached to an aromatic ring is 1. The molecule has 1 aliphatic rings. The van der Waals surface area contributed by atoms with Crippen molar-refractivity contribution in [2.45, 2.75) is 29.5 Å². The normalized spacial score (nSPS) is 17.8. The number of aromatic nitrogens is 1. The van der Waals surface area contributed by atoms with Crippen molar-refractivity contribution in [3.8, 4) is 6.07 Å². The topological polar surface area (TPSA) is 91.8 Å². The molecule has 0 bridgehead atoms. The molecule has 0 radical (unpaired) electrons. The molecule has 0 spiro atoms. The van der Waals surface area contributed by atoms with Crippen LogP contribution < -0.4 is 11.1 Å². The van der Waals surface area contributed by atoms with Crippen molar-refractivity contribution >= 4 is 34.1 Å². The summed E-state index contributed by atoms with van der Waals surface area (Å²) in [5.41, 5.74) is 4.79. The van der Waals surface area contributed by atoms with Gasteiger partial charge in [-0.05, 0) is 25.7 Å². The van der Waals surface area contributed by atoms with Crippen LogP contribution in [0, 0.1) is 17.2 Å². The van der Waals surface area contributed by atoms with Gasteiger partial charge in [-0.1, -0.05) is 11.3 Å². The Bertz CT molecular complexity index is 491. The number of nitrogens with one attached hydrogen (secondary N) is 1. The average Bonchev–Trinajstić information content (AvgIpc) is 3.11. The van der Waals surface area contributed by atoms with Crippen molar-refractivity contribution in [2.75, 3.05) is 11.5 Å². The molecule has 5 nitrogen and oxygen atoms in total. The number of nitriles is 1. The molecule has 18 heavy (non-hydrogen) atoms. The molecule has 1 atom stereocenters. The second kappa shape index (κ2) is 5.16. The minimum atomic E-state index is -0.718. The molecule has 0 aliphatic heterocycles. The van der Waals surface area contributed by atoms with E-state index < -0.39 is 5.54 Å². The van der Waals surface area contributed by atoms with Gasteiger partial charge in [-0.25, -0.2) is 4.98 Å². The maximum absolute atomic E-state index is 11.8. The van der Waals surface area contributed by atoms with Crippen molar-refractivity contribution in [3.05, 3.63) is 6.20 Å². The van der Waals surface area contributed by atoms with Crippen LogP contribution in [0.4, 0.5) is 5.13 Å². The van der Waals surface area contributed by atoms with Crippen LogP contribution in [-0.4, -0.2) is 22.2 Å². The Hall–Kier alpha value is -1.26. The number of hydrogen-bond acceptors (Lipinski definition) is 6. The smallest absolute Gasteiger partial charge is 0.231 e. The SMILES string of the molecule is CC(C#N)(NC(=O)CSc1cnc(N)s1)C1CC1. The van der Waals surface area contributed by atoms with Gasteiger partial charge >= 0.3 is 0 Å². The average molecular weight is 282 g/mol. The van der Waals surface area contributed by atoms with Gasteiger partial charge in [-0.15, -0.1) is 11.8 Å². The van der Waals surface area contributed by atoms with Crippen molar-refractivity contribution in [3.63, 3.8) is 0 Å². The third-order valence-electron chi connectivity index (χ3n) is 2.87. The predicted octanol–water partition coefficient (Wildman–Crippen LogP) is 1.63. The van der Waals surface area contributed by atoms with Crippen molar-refractivity contribution in [1.29, 1.82) is 5.26 Å². The van der Waals surface area contributed by atoms with E-state index in [9.17, 15) is 4.79 Å². The monoisotopic (exact) mass is 282 g/mol. The second-order valence-electron chi connectivity index (χ2n) is 4.44. The first-order chi connectivity index (χ1) is 8.53. The van der Waals surface area contributed by atoms with Gasteiger partial charge < -0.3 is 11.1 Å². The fraction of sp³-hybridized carbons (Fsp3) is 0.545. The highest BCUT2D eigenvalue weighted by atomic mass is 32.2. The van der Waals surface area contributed by atoms with E-state index in [-0.39, 0.29) is 11.7 Å². The molecule has 1 aliphatic carbocycles. The predicted molar refractivity (Wildman–Crippen MR) is 72.1 cm³/mol. The number of carbonyl (C=O) groups is 1. The molecule has 0 saturated heterocycles. The number of carbonyl (C=O) groups excluding carboxylic acids is 1. The number of anilines is 1. The van der Waals surface area contributed by atoms with Crippen LogP contribution >= 0.6 is 23.1 Å². The fourth-order valence-corrected chi connectivity index (χ4v) is 3.24. The minimum Gasteiger partial charge on any atom is -0.375 e. The van der Waals surface area contributed by atoms with E-state index in [0.29, 0.717) is 11.0 Å². The Morgan fingerprint density at radius 2 is 2.56 bits per heavy atom. The van der Waals surface area contributed by atoms with E-state index in [4.69, 9.17) is 11.0 Å². The zero-order valence-corrected chi connectivity index (χ0v) is 11.6. The molecule has 0 aromatic carbocycles. The summed E-state index contributed by atoms with van der Waals surface area (Å²) in [6, 6.07) is 2.20. The lowest BCUT2D eigenvalue weighted by Crippen LogP contribution is -2.47. The Balaban J connectivity index is 1.83. The lowest BCUT2D eigenvalue weighted by Gasteiger charge is -2.22. The number of nitrogens with zero attached hydrogens (tertiary/aromatic N) is 2. The molecule has 1 saturated carbocycles. The van der Waals surface area contributed by atoms with E-state index in [0.717, 1.165) is 17.1 Å². The van der Waals surface area contributed by atoms with Gasteiger partial charge in [0.05, 0.1) is 22.2 Å². The highest BCUT2D eigenvalue weighted by molar-refractivity contribution is 8.01. The lowest BCUT2D eigenvalue weighted by molar-refractivity contribution is -0.119. The van der Waals surface area contributed by atoms with Gasteiger partial charge in [0.25, 0.3) is 0 Å². The van der Waals surface area contributed by atoms with Crippen LogP contribution in [0.3, 0.4) is 0 Å². The Kier molecular flexibility index (Phi) is 3.78. The summed E-state index contributed by atoms with van der Waals surface area (Å²) in [4.78, 5) is 15.7. The van der Waals surface area contributed by atoms with E-state index >= 15 is 0 Å². The summed E-state index contributed by atoms with van der Waals surface area (Å²) in [6.45, 7) is 1.79. The number of hydrogen-bond donors (Lipinski definition) is 2. The number of rotatable bonds is 5. The molecule has 96 valence electrons. The summed E-state index contributed by atoms with van der Waals surface area (Å²) in [6.07, 6.45) is 3.69. The van der Waals surface area contributed by atoms with Crippen LogP contribution in [0.1, 0.15) is 19.8 Å². The van der Waals surface area contributed by atoms with E-state index in [1.54, 1.807) is 13.1 Å². The zero-order chi connectivity index (χ0) is 13.2. The number of amides is 1. The lowest BCUT2D eigenvalue weighted by atomic mass is 9.98. The second-order valence-corrected chi connectivity index (χ2v) is 6.78. The molecule has 1 heterocycles. The van der Waals surface area contributed by atoms with Crippen LogP contribution in [0.5, 0.6) is 0 Å². The first-order valence-corrected chi connectivity index (χ1v) is 7.40. The van der Waals surface area contributed by atoms with Gasteiger partial charge in [0.15, 0.2) is 5.13 Å². The van der Waals surface area contributed by atoms with Gasteiger partial charge in [0, 0.05) is 0 Å². The molecule has 3 N–H and O–H groups in total.